The summed E-state index contributed by atoms with van der Waals surface area (Å²) in [5, 5.41) is 19.1. The summed E-state index contributed by atoms with van der Waals surface area (Å²) >= 11 is 0. The topological polar surface area (TPSA) is 57.4 Å². The van der Waals surface area contributed by atoms with Crippen LogP contribution in [-0.4, -0.2) is 9.13 Å². The lowest BCUT2D eigenvalue weighted by molar-refractivity contribution is 1.13. The molecule has 0 N–H and O–H groups in total. The van der Waals surface area contributed by atoms with E-state index in [1.54, 1.807) is 0 Å². The van der Waals surface area contributed by atoms with Crippen molar-refractivity contribution >= 4 is 11.0 Å². The van der Waals surface area contributed by atoms with Crippen LogP contribution in [0.25, 0.3) is 44.9 Å². The number of fused-ring (bicyclic) bond motifs is 1. The van der Waals surface area contributed by atoms with E-state index in [0.29, 0.717) is 11.1 Å². The van der Waals surface area contributed by atoms with Gasteiger partial charge >= 0.3 is 0 Å². The molecule has 0 atom stereocenters. The third kappa shape index (κ3) is 3.95. The Labute approximate surface area is 221 Å². The van der Waals surface area contributed by atoms with E-state index >= 15 is 0 Å². The summed E-state index contributed by atoms with van der Waals surface area (Å²) in [5.74, 6) is 0. The highest BCUT2D eigenvalue weighted by Gasteiger charge is 2.21. The van der Waals surface area contributed by atoms with Crippen molar-refractivity contribution in [3.05, 3.63) is 131 Å². The largest absolute Gasteiger partial charge is 0.308 e. The second-order valence-corrected chi connectivity index (χ2v) is 9.56. The van der Waals surface area contributed by atoms with Crippen molar-refractivity contribution in [3.8, 4) is 46.0 Å². The molecule has 0 aliphatic heterocycles. The van der Waals surface area contributed by atoms with Crippen molar-refractivity contribution in [2.75, 3.05) is 0 Å². The van der Waals surface area contributed by atoms with E-state index in [1.165, 1.54) is 11.1 Å². The summed E-state index contributed by atoms with van der Waals surface area (Å²) in [4.78, 5) is 0. The van der Waals surface area contributed by atoms with Gasteiger partial charge in [-0.1, -0.05) is 59.7 Å². The van der Waals surface area contributed by atoms with Crippen molar-refractivity contribution in [1.29, 1.82) is 10.5 Å². The molecule has 4 aromatic carbocycles. The Morgan fingerprint density at radius 3 is 1.26 bits per heavy atom. The van der Waals surface area contributed by atoms with Crippen molar-refractivity contribution < 1.29 is 0 Å². The Morgan fingerprint density at radius 2 is 0.895 bits per heavy atom. The fraction of sp³-hybridized carbons (Fsp3) is 0.0588. The zero-order valence-electron chi connectivity index (χ0n) is 21.2. The molecule has 2 aromatic heterocycles. The maximum Gasteiger partial charge on any atom is 0.0991 e. The number of rotatable bonds is 4. The first-order chi connectivity index (χ1) is 18.6. The van der Waals surface area contributed by atoms with Crippen LogP contribution in [0, 0.1) is 36.5 Å². The minimum absolute atomic E-state index is 0.624. The van der Waals surface area contributed by atoms with Crippen LogP contribution in [0.1, 0.15) is 22.3 Å². The molecule has 180 valence electrons. The third-order valence-corrected chi connectivity index (χ3v) is 6.93. The summed E-state index contributed by atoms with van der Waals surface area (Å²) in [6.07, 6.45) is 0. The number of nitriles is 2. The first-order valence-electron chi connectivity index (χ1n) is 12.5. The Morgan fingerprint density at radius 1 is 0.500 bits per heavy atom. The van der Waals surface area contributed by atoms with E-state index in [-0.39, 0.29) is 0 Å². The van der Waals surface area contributed by atoms with Crippen molar-refractivity contribution in [1.82, 2.24) is 9.13 Å². The number of benzene rings is 4. The van der Waals surface area contributed by atoms with Crippen LogP contribution in [0.15, 0.2) is 109 Å². The highest BCUT2D eigenvalue weighted by Crippen LogP contribution is 2.39. The average Bonchev–Trinajstić information content (AvgIpc) is 3.51. The predicted octanol–water partition coefficient (Wildman–Crippen LogP) is 8.12. The van der Waals surface area contributed by atoms with Crippen LogP contribution < -0.4 is 0 Å². The highest BCUT2D eigenvalue weighted by molar-refractivity contribution is 5.94. The molecule has 0 fully saturated rings. The van der Waals surface area contributed by atoms with Gasteiger partial charge in [0, 0.05) is 11.4 Å². The molecule has 0 bridgehead atoms. The second kappa shape index (κ2) is 9.28. The standard InChI is InChI=1S/C34H24N4/c1-23-9-13-29(14-10-23)37-31(27-7-3-5-25(17-27)21-35)19-34-33(37)20-32(28-8-4-6-26(18-28)22-36)38(34)30-15-11-24(2)12-16-30/h3-20H,1-2H3. The molecule has 2 heterocycles. The van der Waals surface area contributed by atoms with Crippen LogP contribution in [0.2, 0.25) is 0 Å². The van der Waals surface area contributed by atoms with Gasteiger partial charge in [-0.3, -0.25) is 0 Å². The van der Waals surface area contributed by atoms with Crippen molar-refractivity contribution in [3.63, 3.8) is 0 Å². The fourth-order valence-corrected chi connectivity index (χ4v) is 5.02. The van der Waals surface area contributed by atoms with E-state index in [4.69, 9.17) is 0 Å². The zero-order valence-corrected chi connectivity index (χ0v) is 21.2. The van der Waals surface area contributed by atoms with Crippen molar-refractivity contribution in [2.45, 2.75) is 13.8 Å². The normalized spacial score (nSPS) is 10.8. The van der Waals surface area contributed by atoms with Gasteiger partial charge in [0.2, 0.25) is 0 Å². The highest BCUT2D eigenvalue weighted by atomic mass is 15.1. The van der Waals surface area contributed by atoms with Crippen LogP contribution in [-0.2, 0) is 0 Å². The van der Waals surface area contributed by atoms with E-state index in [9.17, 15) is 10.5 Å². The summed E-state index contributed by atoms with van der Waals surface area (Å²) in [6.45, 7) is 4.17. The molecule has 0 saturated carbocycles. The fourth-order valence-electron chi connectivity index (χ4n) is 5.02. The van der Waals surface area contributed by atoms with Crippen molar-refractivity contribution in [2.24, 2.45) is 0 Å². The van der Waals surface area contributed by atoms with Gasteiger partial charge in [0.1, 0.15) is 0 Å². The number of aromatic nitrogens is 2. The maximum atomic E-state index is 9.56. The molecular formula is C34H24N4. The molecule has 0 unspecified atom stereocenters. The van der Waals surface area contributed by atoms with Gasteiger partial charge in [-0.05, 0) is 85.6 Å². The van der Waals surface area contributed by atoms with E-state index < -0.39 is 0 Å². The van der Waals surface area contributed by atoms with Crippen LogP contribution >= 0.6 is 0 Å². The predicted molar refractivity (Wildman–Crippen MR) is 152 cm³/mol. The molecule has 4 nitrogen and oxygen atoms in total. The maximum absolute atomic E-state index is 9.56. The van der Waals surface area contributed by atoms with Crippen LogP contribution in [0.4, 0.5) is 0 Å². The van der Waals surface area contributed by atoms with Gasteiger partial charge in [0.05, 0.1) is 45.7 Å². The molecule has 0 radical (unpaired) electrons. The Balaban J connectivity index is 1.72. The summed E-state index contributed by atoms with van der Waals surface area (Å²) < 4.78 is 4.52. The average molecular weight is 489 g/mol. The van der Waals surface area contributed by atoms with Gasteiger partial charge < -0.3 is 9.13 Å². The van der Waals surface area contributed by atoms with Gasteiger partial charge in [-0.25, -0.2) is 0 Å². The Kier molecular flexibility index (Phi) is 5.64. The number of aryl methyl sites for hydroxylation is 2. The molecule has 0 spiro atoms. The molecule has 0 saturated heterocycles. The summed E-state index contributed by atoms with van der Waals surface area (Å²) in [5.41, 5.74) is 11.8. The lowest BCUT2D eigenvalue weighted by Crippen LogP contribution is -1.97. The first kappa shape index (κ1) is 23.1. The minimum atomic E-state index is 0.624. The van der Waals surface area contributed by atoms with E-state index in [2.05, 4.69) is 95.8 Å². The smallest absolute Gasteiger partial charge is 0.0991 e. The summed E-state index contributed by atoms with van der Waals surface area (Å²) in [6, 6.07) is 41.4. The molecule has 0 aliphatic carbocycles. The summed E-state index contributed by atoms with van der Waals surface area (Å²) in [7, 11) is 0. The first-order valence-corrected chi connectivity index (χ1v) is 12.5. The second-order valence-electron chi connectivity index (χ2n) is 9.56. The van der Waals surface area contributed by atoms with E-state index in [1.807, 2.05) is 48.5 Å². The number of nitrogens with zero attached hydrogens (tertiary/aromatic N) is 4. The van der Waals surface area contributed by atoms with Gasteiger partial charge in [-0.15, -0.1) is 0 Å². The molecular weight excluding hydrogens is 464 g/mol. The SMILES string of the molecule is Cc1ccc(-n2c(-c3cccc(C#N)c3)cc3c2cc(-c2cccc(C#N)c2)n3-c2ccc(C)cc2)cc1. The van der Waals surface area contributed by atoms with Gasteiger partial charge in [0.25, 0.3) is 0 Å². The third-order valence-electron chi connectivity index (χ3n) is 6.93. The zero-order chi connectivity index (χ0) is 26.2. The van der Waals surface area contributed by atoms with Gasteiger partial charge in [-0.2, -0.15) is 10.5 Å². The quantitative estimate of drug-likeness (QED) is 0.252. The Hall–Kier alpha value is -5.32. The number of hydrogen-bond acceptors (Lipinski definition) is 2. The molecule has 0 amide bonds. The molecule has 0 aliphatic rings. The lowest BCUT2D eigenvalue weighted by Gasteiger charge is -2.12. The lowest BCUT2D eigenvalue weighted by atomic mass is 10.1. The molecule has 4 heteroatoms. The van der Waals surface area contributed by atoms with Gasteiger partial charge in [0.15, 0.2) is 0 Å². The molecule has 6 aromatic rings. The monoisotopic (exact) mass is 488 g/mol. The minimum Gasteiger partial charge on any atom is -0.308 e. The molecule has 38 heavy (non-hydrogen) atoms. The number of hydrogen-bond donors (Lipinski definition) is 0. The molecule has 6 rings (SSSR count). The van der Waals surface area contributed by atoms with E-state index in [0.717, 1.165) is 44.9 Å². The van der Waals surface area contributed by atoms with Crippen LogP contribution in [0.3, 0.4) is 0 Å². The van der Waals surface area contributed by atoms with Crippen LogP contribution in [0.5, 0.6) is 0 Å². The Bertz CT molecular complexity index is 1750.